The zero-order chi connectivity index (χ0) is 15.6. The molecule has 1 unspecified atom stereocenters. The molecular weight excluding hydrogens is 403 g/mol. The number of rotatable bonds is 7. The third-order valence-corrected chi connectivity index (χ3v) is 4.22. The van der Waals surface area contributed by atoms with Crippen LogP contribution >= 0.6 is 24.0 Å². The first-order chi connectivity index (χ1) is 10.8. The molecule has 6 nitrogen and oxygen atoms in total. The standard InChI is InChI=1S/C16H30N6.HI/c1-3-15-7-5-6-11-22(15)12-10-18-16(17-4-2)19-13-14-8-9-20-21-14;/h8-9,15H,3-7,10-13H2,1-2H3,(H,20,21)(H2,17,18,19);1H. The van der Waals surface area contributed by atoms with Crippen LogP contribution in [0.25, 0.3) is 0 Å². The number of guanidine groups is 1. The van der Waals surface area contributed by atoms with Crippen LogP contribution in [0.15, 0.2) is 17.3 Å². The molecule has 1 aliphatic rings. The van der Waals surface area contributed by atoms with Gasteiger partial charge < -0.3 is 10.6 Å². The van der Waals surface area contributed by atoms with Gasteiger partial charge in [-0.2, -0.15) is 5.10 Å². The van der Waals surface area contributed by atoms with Gasteiger partial charge in [0.25, 0.3) is 0 Å². The Morgan fingerprint density at radius 1 is 1.39 bits per heavy atom. The number of piperidine rings is 1. The molecule has 0 amide bonds. The van der Waals surface area contributed by atoms with Gasteiger partial charge in [-0.15, -0.1) is 24.0 Å². The van der Waals surface area contributed by atoms with Crippen LogP contribution in [-0.2, 0) is 6.54 Å². The number of aliphatic imine (C=N–C) groups is 1. The maximum atomic E-state index is 4.58. The van der Waals surface area contributed by atoms with Gasteiger partial charge in [-0.25, -0.2) is 4.99 Å². The molecule has 0 radical (unpaired) electrons. The number of aromatic nitrogens is 2. The minimum absolute atomic E-state index is 0. The van der Waals surface area contributed by atoms with E-state index in [0.29, 0.717) is 6.54 Å². The van der Waals surface area contributed by atoms with Crippen LogP contribution in [0.5, 0.6) is 0 Å². The van der Waals surface area contributed by atoms with Gasteiger partial charge in [0.2, 0.25) is 0 Å². The lowest BCUT2D eigenvalue weighted by Gasteiger charge is -2.35. The number of nitrogens with zero attached hydrogens (tertiary/aromatic N) is 3. The van der Waals surface area contributed by atoms with E-state index in [1.807, 2.05) is 6.07 Å². The second kappa shape index (κ2) is 11.7. The minimum atomic E-state index is 0. The van der Waals surface area contributed by atoms with Crippen molar-refractivity contribution in [1.82, 2.24) is 25.7 Å². The van der Waals surface area contributed by atoms with Gasteiger partial charge in [0.05, 0.1) is 12.2 Å². The van der Waals surface area contributed by atoms with E-state index in [1.54, 1.807) is 6.20 Å². The lowest BCUT2D eigenvalue weighted by atomic mass is 10.0. The number of H-pyrrole nitrogens is 1. The Kier molecular flexibility index (Phi) is 10.3. The van der Waals surface area contributed by atoms with Crippen LogP contribution in [0.3, 0.4) is 0 Å². The van der Waals surface area contributed by atoms with Gasteiger partial charge in [-0.3, -0.25) is 10.00 Å². The summed E-state index contributed by atoms with van der Waals surface area (Å²) in [7, 11) is 0. The highest BCUT2D eigenvalue weighted by Gasteiger charge is 2.19. The molecule has 23 heavy (non-hydrogen) atoms. The van der Waals surface area contributed by atoms with Gasteiger partial charge in [0.1, 0.15) is 0 Å². The van der Waals surface area contributed by atoms with Crippen molar-refractivity contribution >= 4 is 29.9 Å². The second-order valence-electron chi connectivity index (χ2n) is 5.80. The molecule has 1 atom stereocenters. The fraction of sp³-hybridized carbons (Fsp3) is 0.750. The molecule has 7 heteroatoms. The average molecular weight is 434 g/mol. The molecule has 0 aromatic carbocycles. The van der Waals surface area contributed by atoms with Crippen molar-refractivity contribution in [3.8, 4) is 0 Å². The molecule has 1 aliphatic heterocycles. The highest BCUT2D eigenvalue weighted by molar-refractivity contribution is 14.0. The van der Waals surface area contributed by atoms with Crippen LogP contribution in [0, 0.1) is 0 Å². The zero-order valence-electron chi connectivity index (χ0n) is 14.3. The summed E-state index contributed by atoms with van der Waals surface area (Å²) >= 11 is 0. The minimum Gasteiger partial charge on any atom is -0.357 e. The van der Waals surface area contributed by atoms with E-state index in [4.69, 9.17) is 0 Å². The normalized spacial score (nSPS) is 19.2. The van der Waals surface area contributed by atoms with Crippen LogP contribution in [-0.4, -0.2) is 53.3 Å². The first-order valence-electron chi connectivity index (χ1n) is 8.58. The zero-order valence-corrected chi connectivity index (χ0v) is 16.7. The summed E-state index contributed by atoms with van der Waals surface area (Å²) in [5, 5.41) is 13.6. The number of likely N-dealkylation sites (tertiary alicyclic amines) is 1. The van der Waals surface area contributed by atoms with Gasteiger partial charge >= 0.3 is 0 Å². The summed E-state index contributed by atoms with van der Waals surface area (Å²) in [5.41, 5.74) is 1.03. The highest BCUT2D eigenvalue weighted by atomic mass is 127. The predicted octanol–water partition coefficient (Wildman–Crippen LogP) is 2.35. The SMILES string of the molecule is CCNC(=NCc1ccn[nH]1)NCCN1CCCCC1CC.I. The number of hydrogen-bond donors (Lipinski definition) is 3. The quantitative estimate of drug-likeness (QED) is 0.350. The van der Waals surface area contributed by atoms with Crippen molar-refractivity contribution in [2.24, 2.45) is 4.99 Å². The van der Waals surface area contributed by atoms with E-state index < -0.39 is 0 Å². The van der Waals surface area contributed by atoms with Crippen molar-refractivity contribution in [3.05, 3.63) is 18.0 Å². The molecule has 1 aromatic heterocycles. The first kappa shape index (κ1) is 20.2. The van der Waals surface area contributed by atoms with Gasteiger partial charge in [-0.1, -0.05) is 13.3 Å². The largest absolute Gasteiger partial charge is 0.357 e. The van der Waals surface area contributed by atoms with Crippen LogP contribution in [0.1, 0.15) is 45.2 Å². The third kappa shape index (κ3) is 7.07. The number of aromatic amines is 1. The molecular formula is C16H31IN6. The smallest absolute Gasteiger partial charge is 0.191 e. The van der Waals surface area contributed by atoms with Gasteiger partial charge in [-0.05, 0) is 38.8 Å². The Labute approximate surface area is 156 Å². The Morgan fingerprint density at radius 2 is 2.26 bits per heavy atom. The molecule has 0 spiro atoms. The fourth-order valence-electron chi connectivity index (χ4n) is 3.01. The molecule has 1 saturated heterocycles. The van der Waals surface area contributed by atoms with Crippen LogP contribution in [0.4, 0.5) is 0 Å². The first-order valence-corrected chi connectivity index (χ1v) is 8.58. The van der Waals surface area contributed by atoms with E-state index in [1.165, 1.54) is 32.2 Å². The molecule has 2 heterocycles. The van der Waals surface area contributed by atoms with Crippen molar-refractivity contribution in [1.29, 1.82) is 0 Å². The predicted molar refractivity (Wildman–Crippen MR) is 106 cm³/mol. The van der Waals surface area contributed by atoms with E-state index >= 15 is 0 Å². The van der Waals surface area contributed by atoms with Crippen molar-refractivity contribution in [2.45, 2.75) is 52.1 Å². The summed E-state index contributed by atoms with van der Waals surface area (Å²) in [6.07, 6.45) is 7.09. The maximum Gasteiger partial charge on any atom is 0.191 e. The van der Waals surface area contributed by atoms with Crippen molar-refractivity contribution in [2.75, 3.05) is 26.2 Å². The molecule has 0 bridgehead atoms. The van der Waals surface area contributed by atoms with E-state index in [2.05, 4.69) is 44.6 Å². The number of nitrogens with one attached hydrogen (secondary N) is 3. The van der Waals surface area contributed by atoms with E-state index in [0.717, 1.165) is 37.3 Å². The summed E-state index contributed by atoms with van der Waals surface area (Å²) in [6.45, 7) is 9.14. The average Bonchev–Trinajstić information content (AvgIpc) is 3.06. The molecule has 1 aromatic rings. The van der Waals surface area contributed by atoms with E-state index in [9.17, 15) is 0 Å². The third-order valence-electron chi connectivity index (χ3n) is 4.22. The molecule has 0 aliphatic carbocycles. The van der Waals surface area contributed by atoms with E-state index in [-0.39, 0.29) is 24.0 Å². The Morgan fingerprint density at radius 3 is 2.96 bits per heavy atom. The summed E-state index contributed by atoms with van der Waals surface area (Å²) in [5.74, 6) is 0.877. The Hall–Kier alpha value is -0.830. The Balaban J connectivity index is 0.00000264. The summed E-state index contributed by atoms with van der Waals surface area (Å²) in [4.78, 5) is 7.20. The molecule has 0 saturated carbocycles. The molecule has 1 fully saturated rings. The molecule has 132 valence electrons. The summed E-state index contributed by atoms with van der Waals surface area (Å²) < 4.78 is 0. The topological polar surface area (TPSA) is 68.3 Å². The lowest BCUT2D eigenvalue weighted by Crippen LogP contribution is -2.45. The fourth-order valence-corrected chi connectivity index (χ4v) is 3.01. The highest BCUT2D eigenvalue weighted by Crippen LogP contribution is 2.18. The maximum absolute atomic E-state index is 4.58. The van der Waals surface area contributed by atoms with Crippen LogP contribution < -0.4 is 10.6 Å². The van der Waals surface area contributed by atoms with Crippen molar-refractivity contribution in [3.63, 3.8) is 0 Å². The van der Waals surface area contributed by atoms with Gasteiger partial charge in [0, 0.05) is 31.9 Å². The van der Waals surface area contributed by atoms with Crippen molar-refractivity contribution < 1.29 is 0 Å². The van der Waals surface area contributed by atoms with Gasteiger partial charge in [0.15, 0.2) is 5.96 Å². The number of halogens is 1. The summed E-state index contributed by atoms with van der Waals surface area (Å²) in [6, 6.07) is 2.71. The number of hydrogen-bond acceptors (Lipinski definition) is 3. The monoisotopic (exact) mass is 434 g/mol. The van der Waals surface area contributed by atoms with Crippen LogP contribution in [0.2, 0.25) is 0 Å². The molecule has 2 rings (SSSR count). The Bertz CT molecular complexity index is 434. The lowest BCUT2D eigenvalue weighted by molar-refractivity contribution is 0.147. The second-order valence-corrected chi connectivity index (χ2v) is 5.80. The molecule has 3 N–H and O–H groups in total.